The fourth-order valence-corrected chi connectivity index (χ4v) is 1.64. The first-order chi connectivity index (χ1) is 5.64. The molecule has 1 rings (SSSR count). The second-order valence-electron chi connectivity index (χ2n) is 3.73. The summed E-state index contributed by atoms with van der Waals surface area (Å²) in [6, 6.07) is 0. The van der Waals surface area contributed by atoms with Crippen molar-refractivity contribution in [3.05, 3.63) is 0 Å². The largest absolute Gasteiger partial charge is 0.468 e. The van der Waals surface area contributed by atoms with E-state index >= 15 is 0 Å². The molecule has 0 aromatic rings. The lowest BCUT2D eigenvalue weighted by atomic mass is 10.1. The average Bonchev–Trinajstić information content (AvgIpc) is 2.51. The minimum absolute atomic E-state index is 0.228. The zero-order valence-corrected chi connectivity index (χ0v) is 7.76. The highest BCUT2D eigenvalue weighted by molar-refractivity contribution is 5.37. The second kappa shape index (κ2) is 3.18. The molecule has 0 heterocycles. The lowest BCUT2D eigenvalue weighted by Crippen LogP contribution is -1.99. The van der Waals surface area contributed by atoms with Crippen molar-refractivity contribution < 1.29 is 9.53 Å². The Kier molecular flexibility index (Phi) is 2.42. The van der Waals surface area contributed by atoms with E-state index < -0.39 is 0 Å². The molecule has 2 nitrogen and oxygen atoms in total. The van der Waals surface area contributed by atoms with Crippen molar-refractivity contribution in [2.24, 2.45) is 17.3 Å². The van der Waals surface area contributed by atoms with Crippen molar-refractivity contribution in [3.63, 3.8) is 0 Å². The van der Waals surface area contributed by atoms with Gasteiger partial charge in [0.25, 0.3) is 6.47 Å². The Bertz CT molecular complexity index is 232. The predicted octanol–water partition coefficient (Wildman–Crippen LogP) is 1.45. The van der Waals surface area contributed by atoms with E-state index in [4.69, 9.17) is 4.74 Å². The summed E-state index contributed by atoms with van der Waals surface area (Å²) in [6.45, 7) is 7.16. The Balaban J connectivity index is 2.46. The second-order valence-corrected chi connectivity index (χ2v) is 3.73. The molecule has 1 aliphatic rings. The van der Waals surface area contributed by atoms with Crippen LogP contribution in [0.1, 0.15) is 20.8 Å². The van der Waals surface area contributed by atoms with Gasteiger partial charge in [0.15, 0.2) is 0 Å². The summed E-state index contributed by atoms with van der Waals surface area (Å²) < 4.78 is 4.72. The van der Waals surface area contributed by atoms with Crippen LogP contribution in [0.25, 0.3) is 0 Å². The Morgan fingerprint density at radius 2 is 2.25 bits per heavy atom. The van der Waals surface area contributed by atoms with Crippen LogP contribution >= 0.6 is 0 Å². The van der Waals surface area contributed by atoms with Gasteiger partial charge in [0.05, 0.1) is 6.61 Å². The molecule has 1 saturated carbocycles. The highest BCUT2D eigenvalue weighted by Crippen LogP contribution is 2.57. The first-order valence-corrected chi connectivity index (χ1v) is 4.12. The third-order valence-electron chi connectivity index (χ3n) is 2.69. The van der Waals surface area contributed by atoms with Gasteiger partial charge in [-0.15, -0.1) is 5.92 Å². The normalized spacial score (nSPS) is 29.9. The van der Waals surface area contributed by atoms with Gasteiger partial charge in [-0.25, -0.2) is 0 Å². The molecule has 0 unspecified atom stereocenters. The summed E-state index contributed by atoms with van der Waals surface area (Å²) in [7, 11) is 0. The third kappa shape index (κ3) is 1.45. The average molecular weight is 166 g/mol. The van der Waals surface area contributed by atoms with Crippen LogP contribution in [0.5, 0.6) is 0 Å². The van der Waals surface area contributed by atoms with Crippen molar-refractivity contribution in [2.75, 3.05) is 6.61 Å². The van der Waals surface area contributed by atoms with E-state index in [9.17, 15) is 4.79 Å². The zero-order chi connectivity index (χ0) is 9.19. The predicted molar refractivity (Wildman–Crippen MR) is 46.2 cm³/mol. The van der Waals surface area contributed by atoms with Crippen molar-refractivity contribution >= 4 is 6.47 Å². The van der Waals surface area contributed by atoms with Crippen LogP contribution in [0, 0.1) is 29.1 Å². The van der Waals surface area contributed by atoms with E-state index in [1.54, 1.807) is 0 Å². The van der Waals surface area contributed by atoms with Gasteiger partial charge in [0, 0.05) is 11.8 Å². The Morgan fingerprint density at radius 1 is 1.58 bits per heavy atom. The molecular weight excluding hydrogens is 152 g/mol. The molecule has 2 atom stereocenters. The number of carbonyl (C=O) groups excluding carboxylic acids is 1. The first-order valence-electron chi connectivity index (χ1n) is 4.12. The fraction of sp³-hybridized carbons (Fsp3) is 0.700. The molecule has 0 N–H and O–H groups in total. The van der Waals surface area contributed by atoms with E-state index in [1.807, 2.05) is 6.92 Å². The van der Waals surface area contributed by atoms with Crippen LogP contribution in [-0.4, -0.2) is 13.1 Å². The van der Waals surface area contributed by atoms with Crippen LogP contribution in [-0.2, 0) is 9.53 Å². The maximum Gasteiger partial charge on any atom is 0.293 e. The monoisotopic (exact) mass is 166 g/mol. The van der Waals surface area contributed by atoms with Gasteiger partial charge in [-0.05, 0) is 12.3 Å². The summed E-state index contributed by atoms with van der Waals surface area (Å²) >= 11 is 0. The molecule has 0 bridgehead atoms. The molecule has 0 aliphatic heterocycles. The molecule has 2 heteroatoms. The number of hydrogen-bond acceptors (Lipinski definition) is 2. The minimum atomic E-state index is 0.228. The number of rotatable bonds is 3. The SMILES string of the molecule is CC#C[C@@H]1[C@@H](COC=O)C1(C)C. The Hall–Kier alpha value is -0.970. The summed E-state index contributed by atoms with van der Waals surface area (Å²) in [5.74, 6) is 6.85. The lowest BCUT2D eigenvalue weighted by Gasteiger charge is -1.98. The summed E-state index contributed by atoms with van der Waals surface area (Å²) in [5, 5.41) is 0. The van der Waals surface area contributed by atoms with E-state index in [2.05, 4.69) is 25.7 Å². The summed E-state index contributed by atoms with van der Waals surface area (Å²) in [5.41, 5.74) is 0.228. The van der Waals surface area contributed by atoms with Crippen molar-refractivity contribution in [3.8, 4) is 11.8 Å². The third-order valence-corrected chi connectivity index (χ3v) is 2.69. The molecule has 12 heavy (non-hydrogen) atoms. The van der Waals surface area contributed by atoms with Gasteiger partial charge in [-0.3, -0.25) is 4.79 Å². The van der Waals surface area contributed by atoms with E-state index in [0.717, 1.165) is 0 Å². The van der Waals surface area contributed by atoms with Crippen LogP contribution in [0.15, 0.2) is 0 Å². The maximum absolute atomic E-state index is 9.95. The molecule has 0 amide bonds. The van der Waals surface area contributed by atoms with Crippen molar-refractivity contribution in [2.45, 2.75) is 20.8 Å². The molecule has 0 saturated heterocycles. The fourth-order valence-electron chi connectivity index (χ4n) is 1.64. The van der Waals surface area contributed by atoms with Gasteiger partial charge >= 0.3 is 0 Å². The molecule has 0 spiro atoms. The smallest absolute Gasteiger partial charge is 0.293 e. The molecule has 0 aromatic carbocycles. The van der Waals surface area contributed by atoms with Crippen LogP contribution < -0.4 is 0 Å². The lowest BCUT2D eigenvalue weighted by molar-refractivity contribution is -0.129. The van der Waals surface area contributed by atoms with Gasteiger partial charge in [-0.2, -0.15) is 0 Å². The maximum atomic E-state index is 9.95. The van der Waals surface area contributed by atoms with E-state index in [1.165, 1.54) is 0 Å². The standard InChI is InChI=1S/C10H14O2/c1-4-5-8-9(6-12-7-11)10(8,2)3/h7-9H,6H2,1-3H3/t8-,9-/m1/s1. The molecule has 1 aliphatic carbocycles. The van der Waals surface area contributed by atoms with Gasteiger partial charge in [0.2, 0.25) is 0 Å². The quantitative estimate of drug-likeness (QED) is 0.468. The first kappa shape index (κ1) is 9.12. The van der Waals surface area contributed by atoms with Gasteiger partial charge < -0.3 is 4.74 Å². The van der Waals surface area contributed by atoms with Gasteiger partial charge in [0.1, 0.15) is 0 Å². The van der Waals surface area contributed by atoms with E-state index in [0.29, 0.717) is 24.9 Å². The highest BCUT2D eigenvalue weighted by atomic mass is 16.5. The van der Waals surface area contributed by atoms with Crippen LogP contribution in [0.2, 0.25) is 0 Å². The molecular formula is C10H14O2. The van der Waals surface area contributed by atoms with Gasteiger partial charge in [-0.1, -0.05) is 19.8 Å². The van der Waals surface area contributed by atoms with Crippen LogP contribution in [0.3, 0.4) is 0 Å². The Labute approximate surface area is 73.3 Å². The molecule has 0 aromatic heterocycles. The van der Waals surface area contributed by atoms with E-state index in [-0.39, 0.29) is 5.41 Å². The van der Waals surface area contributed by atoms with Crippen molar-refractivity contribution in [1.82, 2.24) is 0 Å². The Morgan fingerprint density at radius 3 is 2.75 bits per heavy atom. The summed E-state index contributed by atoms with van der Waals surface area (Å²) in [6.07, 6.45) is 0. The minimum Gasteiger partial charge on any atom is -0.468 e. The zero-order valence-electron chi connectivity index (χ0n) is 7.76. The molecule has 0 radical (unpaired) electrons. The molecule has 1 fully saturated rings. The highest BCUT2D eigenvalue weighted by Gasteiger charge is 2.57. The van der Waals surface area contributed by atoms with Crippen molar-refractivity contribution in [1.29, 1.82) is 0 Å². The summed E-state index contributed by atoms with van der Waals surface area (Å²) in [4.78, 5) is 9.95. The molecule has 66 valence electrons. The topological polar surface area (TPSA) is 26.3 Å². The number of hydrogen-bond donors (Lipinski definition) is 0. The number of carbonyl (C=O) groups is 1. The van der Waals surface area contributed by atoms with Crippen LogP contribution in [0.4, 0.5) is 0 Å². The number of ether oxygens (including phenoxy) is 1.